The first-order valence-electron chi connectivity index (χ1n) is 6.82. The van der Waals surface area contributed by atoms with Crippen LogP contribution in [0.2, 0.25) is 0 Å². The molecule has 0 aliphatic rings. The lowest BCUT2D eigenvalue weighted by atomic mass is 10.1. The summed E-state index contributed by atoms with van der Waals surface area (Å²) in [6.07, 6.45) is 0. The predicted molar refractivity (Wildman–Crippen MR) is 84.0 cm³/mol. The number of nitrogens with zero attached hydrogens (tertiary/aromatic N) is 2. The van der Waals surface area contributed by atoms with Crippen molar-refractivity contribution in [1.82, 2.24) is 9.97 Å². The summed E-state index contributed by atoms with van der Waals surface area (Å²) in [5.74, 6) is 0.808. The van der Waals surface area contributed by atoms with Crippen LogP contribution in [0.15, 0.2) is 36.4 Å². The SMILES string of the molecule is CNc1nc(-c2ccc(C)cc2F)nc2c(C)cccc12. The molecule has 0 radical (unpaired) electrons. The number of halogens is 1. The topological polar surface area (TPSA) is 37.8 Å². The maximum atomic E-state index is 14.2. The van der Waals surface area contributed by atoms with Gasteiger partial charge in [0.05, 0.1) is 11.1 Å². The molecule has 106 valence electrons. The number of hydrogen-bond donors (Lipinski definition) is 1. The van der Waals surface area contributed by atoms with E-state index in [4.69, 9.17) is 0 Å². The van der Waals surface area contributed by atoms with Gasteiger partial charge in [-0.25, -0.2) is 14.4 Å². The number of benzene rings is 2. The van der Waals surface area contributed by atoms with Crippen LogP contribution < -0.4 is 5.32 Å². The number of aromatic nitrogens is 2. The van der Waals surface area contributed by atoms with Crippen LogP contribution in [0.3, 0.4) is 0 Å². The summed E-state index contributed by atoms with van der Waals surface area (Å²) in [4.78, 5) is 9.01. The second kappa shape index (κ2) is 5.13. The summed E-state index contributed by atoms with van der Waals surface area (Å²) >= 11 is 0. The van der Waals surface area contributed by atoms with Crippen LogP contribution in [0.25, 0.3) is 22.3 Å². The van der Waals surface area contributed by atoms with Crippen molar-refractivity contribution >= 4 is 16.7 Å². The van der Waals surface area contributed by atoms with E-state index < -0.39 is 0 Å². The van der Waals surface area contributed by atoms with Crippen molar-refractivity contribution in [3.05, 3.63) is 53.3 Å². The molecule has 3 rings (SSSR count). The minimum absolute atomic E-state index is 0.301. The first-order chi connectivity index (χ1) is 10.1. The Bertz CT molecular complexity index is 828. The van der Waals surface area contributed by atoms with E-state index in [2.05, 4.69) is 15.3 Å². The summed E-state index contributed by atoms with van der Waals surface area (Å²) in [5.41, 5.74) is 3.18. The normalized spacial score (nSPS) is 10.9. The molecule has 0 spiro atoms. The zero-order valence-electron chi connectivity index (χ0n) is 12.2. The van der Waals surface area contributed by atoms with Crippen molar-refractivity contribution < 1.29 is 4.39 Å². The van der Waals surface area contributed by atoms with Gasteiger partial charge in [0.15, 0.2) is 5.82 Å². The molecule has 0 saturated heterocycles. The molecule has 3 nitrogen and oxygen atoms in total. The molecular formula is C17H16FN3. The van der Waals surface area contributed by atoms with Gasteiger partial charge in [-0.2, -0.15) is 0 Å². The van der Waals surface area contributed by atoms with Crippen molar-refractivity contribution in [2.75, 3.05) is 12.4 Å². The van der Waals surface area contributed by atoms with E-state index in [0.29, 0.717) is 17.2 Å². The van der Waals surface area contributed by atoms with E-state index in [-0.39, 0.29) is 5.82 Å². The van der Waals surface area contributed by atoms with Gasteiger partial charge in [-0.1, -0.05) is 18.2 Å². The molecule has 1 aromatic heterocycles. The first-order valence-corrected chi connectivity index (χ1v) is 6.82. The zero-order chi connectivity index (χ0) is 15.0. The molecule has 0 unspecified atom stereocenters. The third-order valence-corrected chi connectivity index (χ3v) is 3.53. The highest BCUT2D eigenvalue weighted by molar-refractivity contribution is 5.92. The van der Waals surface area contributed by atoms with Crippen molar-refractivity contribution in [1.29, 1.82) is 0 Å². The molecule has 0 saturated carbocycles. The molecule has 1 heterocycles. The average Bonchev–Trinajstić information content (AvgIpc) is 2.47. The van der Waals surface area contributed by atoms with Crippen LogP contribution >= 0.6 is 0 Å². The quantitative estimate of drug-likeness (QED) is 0.768. The minimum atomic E-state index is -0.301. The van der Waals surface area contributed by atoms with E-state index in [9.17, 15) is 4.39 Å². The van der Waals surface area contributed by atoms with E-state index >= 15 is 0 Å². The molecule has 0 bridgehead atoms. The Morgan fingerprint density at radius 2 is 1.86 bits per heavy atom. The third kappa shape index (κ3) is 2.33. The van der Waals surface area contributed by atoms with Crippen molar-refractivity contribution in [2.24, 2.45) is 0 Å². The summed E-state index contributed by atoms with van der Waals surface area (Å²) in [7, 11) is 1.80. The summed E-state index contributed by atoms with van der Waals surface area (Å²) < 4.78 is 14.2. The van der Waals surface area contributed by atoms with Gasteiger partial charge in [-0.15, -0.1) is 0 Å². The lowest BCUT2D eigenvalue weighted by molar-refractivity contribution is 0.629. The lowest BCUT2D eigenvalue weighted by Crippen LogP contribution is -2.01. The number of nitrogens with one attached hydrogen (secondary N) is 1. The molecule has 0 atom stereocenters. The molecule has 0 amide bonds. The molecule has 1 N–H and O–H groups in total. The van der Waals surface area contributed by atoms with E-state index in [0.717, 1.165) is 22.0 Å². The van der Waals surface area contributed by atoms with Crippen LogP contribution in [-0.2, 0) is 0 Å². The predicted octanol–water partition coefficient (Wildman–Crippen LogP) is 4.09. The molecule has 2 aromatic carbocycles. The Hall–Kier alpha value is -2.49. The number of hydrogen-bond acceptors (Lipinski definition) is 3. The molecule has 0 fully saturated rings. The summed E-state index contributed by atoms with van der Waals surface area (Å²) in [5, 5.41) is 4.00. The minimum Gasteiger partial charge on any atom is -0.373 e. The Labute approximate surface area is 122 Å². The monoisotopic (exact) mass is 281 g/mol. The van der Waals surface area contributed by atoms with Crippen molar-refractivity contribution in [3.63, 3.8) is 0 Å². The maximum Gasteiger partial charge on any atom is 0.165 e. The first kappa shape index (κ1) is 13.5. The Kier molecular flexibility index (Phi) is 3.29. The fourth-order valence-electron chi connectivity index (χ4n) is 2.41. The van der Waals surface area contributed by atoms with Crippen LogP contribution in [-0.4, -0.2) is 17.0 Å². The molecule has 4 heteroatoms. The Morgan fingerprint density at radius 1 is 1.05 bits per heavy atom. The second-order valence-electron chi connectivity index (χ2n) is 5.10. The second-order valence-corrected chi connectivity index (χ2v) is 5.10. The smallest absolute Gasteiger partial charge is 0.165 e. The summed E-state index contributed by atoms with van der Waals surface area (Å²) in [6.45, 7) is 3.85. The molecular weight excluding hydrogens is 265 g/mol. The van der Waals surface area contributed by atoms with Crippen LogP contribution in [0.1, 0.15) is 11.1 Å². The number of anilines is 1. The Morgan fingerprint density at radius 3 is 2.57 bits per heavy atom. The van der Waals surface area contributed by atoms with E-state index in [1.54, 1.807) is 13.1 Å². The van der Waals surface area contributed by atoms with Gasteiger partial charge in [-0.3, -0.25) is 0 Å². The fourth-order valence-corrected chi connectivity index (χ4v) is 2.41. The van der Waals surface area contributed by atoms with Crippen LogP contribution in [0, 0.1) is 19.7 Å². The van der Waals surface area contributed by atoms with Crippen molar-refractivity contribution in [3.8, 4) is 11.4 Å². The van der Waals surface area contributed by atoms with Crippen LogP contribution in [0.4, 0.5) is 10.2 Å². The van der Waals surface area contributed by atoms with Crippen LogP contribution in [0.5, 0.6) is 0 Å². The van der Waals surface area contributed by atoms with Gasteiger partial charge in [0, 0.05) is 12.4 Å². The van der Waals surface area contributed by atoms with E-state index in [1.165, 1.54) is 6.07 Å². The van der Waals surface area contributed by atoms with Gasteiger partial charge in [0.25, 0.3) is 0 Å². The highest BCUT2D eigenvalue weighted by Crippen LogP contribution is 2.28. The number of rotatable bonds is 2. The largest absolute Gasteiger partial charge is 0.373 e. The average molecular weight is 281 g/mol. The van der Waals surface area contributed by atoms with Crippen molar-refractivity contribution in [2.45, 2.75) is 13.8 Å². The standard InChI is InChI=1S/C17H16FN3/c1-10-7-8-12(14(18)9-10)17-20-15-11(2)5-4-6-13(15)16(19-3)21-17/h4-9H,1-3H3,(H,19,20,21). The molecule has 3 aromatic rings. The van der Waals surface area contributed by atoms with Gasteiger partial charge in [0.2, 0.25) is 0 Å². The molecule has 0 aliphatic carbocycles. The highest BCUT2D eigenvalue weighted by atomic mass is 19.1. The highest BCUT2D eigenvalue weighted by Gasteiger charge is 2.13. The van der Waals surface area contributed by atoms with Gasteiger partial charge < -0.3 is 5.32 Å². The van der Waals surface area contributed by atoms with E-state index in [1.807, 2.05) is 38.1 Å². The lowest BCUT2D eigenvalue weighted by Gasteiger charge is -2.10. The Balaban J connectivity index is 2.31. The number of fused-ring (bicyclic) bond motifs is 1. The molecule has 21 heavy (non-hydrogen) atoms. The van der Waals surface area contributed by atoms with Gasteiger partial charge >= 0.3 is 0 Å². The third-order valence-electron chi connectivity index (χ3n) is 3.53. The summed E-state index contributed by atoms with van der Waals surface area (Å²) in [6, 6.07) is 11.0. The van der Waals surface area contributed by atoms with Gasteiger partial charge in [-0.05, 0) is 43.2 Å². The van der Waals surface area contributed by atoms with Gasteiger partial charge in [0.1, 0.15) is 11.6 Å². The molecule has 0 aliphatic heterocycles. The maximum absolute atomic E-state index is 14.2. The number of para-hydroxylation sites is 1. The number of aryl methyl sites for hydroxylation is 2. The fraction of sp³-hybridized carbons (Fsp3) is 0.176. The zero-order valence-corrected chi connectivity index (χ0v) is 12.2.